The van der Waals surface area contributed by atoms with Gasteiger partial charge in [0, 0.05) is 32.3 Å². The summed E-state index contributed by atoms with van der Waals surface area (Å²) in [6.07, 6.45) is 5.30. The van der Waals surface area contributed by atoms with Crippen LogP contribution in [0.15, 0.2) is 42.6 Å². The third-order valence-electron chi connectivity index (χ3n) is 3.35. The van der Waals surface area contributed by atoms with Crippen LogP contribution in [0.3, 0.4) is 0 Å². The van der Waals surface area contributed by atoms with Crippen molar-refractivity contribution >= 4 is 0 Å². The van der Waals surface area contributed by atoms with Crippen molar-refractivity contribution in [3.8, 4) is 0 Å². The van der Waals surface area contributed by atoms with Gasteiger partial charge in [0.25, 0.3) is 0 Å². The summed E-state index contributed by atoms with van der Waals surface area (Å²) in [4.78, 5) is 0. The second-order valence-corrected chi connectivity index (χ2v) is 5.11. The molecule has 0 saturated carbocycles. The van der Waals surface area contributed by atoms with Crippen LogP contribution >= 0.6 is 0 Å². The average Bonchev–Trinajstić information content (AvgIpc) is 2.83. The fourth-order valence-corrected chi connectivity index (χ4v) is 2.17. The largest absolute Gasteiger partial charge is 0.314 e. The molecule has 3 nitrogen and oxygen atoms in total. The molecule has 3 heteroatoms. The summed E-state index contributed by atoms with van der Waals surface area (Å²) in [5.41, 5.74) is 2.58. The fraction of sp³-hybridized carbons (Fsp3) is 0.438. The van der Waals surface area contributed by atoms with E-state index in [1.165, 1.54) is 12.0 Å². The zero-order valence-corrected chi connectivity index (χ0v) is 11.8. The Morgan fingerprint density at radius 1 is 1.16 bits per heavy atom. The van der Waals surface area contributed by atoms with E-state index in [9.17, 15) is 0 Å². The van der Waals surface area contributed by atoms with Crippen molar-refractivity contribution in [1.29, 1.82) is 0 Å². The maximum absolute atomic E-state index is 4.38. The number of hydrogen-bond acceptors (Lipinski definition) is 2. The zero-order valence-electron chi connectivity index (χ0n) is 11.8. The Morgan fingerprint density at radius 2 is 1.95 bits per heavy atom. The maximum atomic E-state index is 4.38. The minimum Gasteiger partial charge on any atom is -0.314 e. The highest BCUT2D eigenvalue weighted by atomic mass is 15.2. The molecular weight excluding hydrogens is 234 g/mol. The molecule has 0 bridgehead atoms. The molecule has 0 spiro atoms. The molecule has 0 radical (unpaired) electrons. The molecule has 1 aromatic carbocycles. The summed E-state index contributed by atoms with van der Waals surface area (Å²) < 4.78 is 1.86. The minimum atomic E-state index is 0.545. The van der Waals surface area contributed by atoms with E-state index in [1.54, 1.807) is 0 Å². The number of rotatable bonds is 7. The molecule has 0 saturated heterocycles. The first-order valence-corrected chi connectivity index (χ1v) is 7.00. The Hall–Kier alpha value is -1.61. The van der Waals surface area contributed by atoms with Gasteiger partial charge in [0.2, 0.25) is 0 Å². The number of nitrogens with zero attached hydrogens (tertiary/aromatic N) is 2. The first kappa shape index (κ1) is 13.8. The van der Waals surface area contributed by atoms with Gasteiger partial charge in [-0.25, -0.2) is 0 Å². The molecule has 0 fully saturated rings. The molecule has 2 aromatic rings. The topological polar surface area (TPSA) is 29.9 Å². The highest BCUT2D eigenvalue weighted by Crippen LogP contribution is 2.04. The van der Waals surface area contributed by atoms with Crippen LogP contribution in [-0.2, 0) is 19.9 Å². The van der Waals surface area contributed by atoms with E-state index in [0.29, 0.717) is 6.04 Å². The second-order valence-electron chi connectivity index (χ2n) is 5.11. The van der Waals surface area contributed by atoms with Crippen LogP contribution in [0.25, 0.3) is 0 Å². The second kappa shape index (κ2) is 7.10. The van der Waals surface area contributed by atoms with Crippen molar-refractivity contribution in [3.63, 3.8) is 0 Å². The van der Waals surface area contributed by atoms with E-state index in [2.05, 4.69) is 53.7 Å². The Balaban J connectivity index is 1.63. The van der Waals surface area contributed by atoms with E-state index in [-0.39, 0.29) is 0 Å². The average molecular weight is 257 g/mol. The summed E-state index contributed by atoms with van der Waals surface area (Å²) in [6.45, 7) is 3.24. The van der Waals surface area contributed by atoms with E-state index in [1.807, 2.05) is 17.9 Å². The lowest BCUT2D eigenvalue weighted by atomic mass is 10.1. The SMILES string of the molecule is CC(CCc1ccccc1)NCCc1ccn(C)n1. The lowest BCUT2D eigenvalue weighted by Gasteiger charge is -2.13. The van der Waals surface area contributed by atoms with E-state index < -0.39 is 0 Å². The molecular formula is C16H23N3. The number of aromatic nitrogens is 2. The Morgan fingerprint density at radius 3 is 2.63 bits per heavy atom. The van der Waals surface area contributed by atoms with Crippen molar-refractivity contribution in [1.82, 2.24) is 15.1 Å². The third-order valence-corrected chi connectivity index (χ3v) is 3.35. The van der Waals surface area contributed by atoms with E-state index in [4.69, 9.17) is 0 Å². The normalized spacial score (nSPS) is 12.5. The van der Waals surface area contributed by atoms with Crippen LogP contribution in [0, 0.1) is 0 Å². The van der Waals surface area contributed by atoms with Gasteiger partial charge in [-0.15, -0.1) is 0 Å². The fourth-order valence-electron chi connectivity index (χ4n) is 2.17. The first-order valence-electron chi connectivity index (χ1n) is 7.00. The molecule has 1 N–H and O–H groups in total. The van der Waals surface area contributed by atoms with Crippen LogP contribution in [0.4, 0.5) is 0 Å². The highest BCUT2D eigenvalue weighted by molar-refractivity contribution is 5.14. The Bertz CT molecular complexity index is 476. The molecule has 0 aliphatic rings. The zero-order chi connectivity index (χ0) is 13.5. The van der Waals surface area contributed by atoms with Crippen LogP contribution in [0.2, 0.25) is 0 Å². The quantitative estimate of drug-likeness (QED) is 0.826. The van der Waals surface area contributed by atoms with Crippen LogP contribution < -0.4 is 5.32 Å². The maximum Gasteiger partial charge on any atom is 0.0637 e. The van der Waals surface area contributed by atoms with Crippen LogP contribution in [-0.4, -0.2) is 22.4 Å². The van der Waals surface area contributed by atoms with Gasteiger partial charge >= 0.3 is 0 Å². The predicted octanol–water partition coefficient (Wildman–Crippen LogP) is 2.57. The van der Waals surface area contributed by atoms with Gasteiger partial charge in [0.05, 0.1) is 5.69 Å². The Kier molecular flexibility index (Phi) is 5.16. The number of hydrogen-bond donors (Lipinski definition) is 1. The molecule has 19 heavy (non-hydrogen) atoms. The van der Waals surface area contributed by atoms with Crippen molar-refractivity contribution < 1.29 is 0 Å². The van der Waals surface area contributed by atoms with Gasteiger partial charge in [-0.2, -0.15) is 5.10 Å². The molecule has 1 atom stereocenters. The molecule has 0 amide bonds. The first-order chi connectivity index (χ1) is 9.24. The Labute approximate surface area is 115 Å². The molecule has 1 aromatic heterocycles. The number of aryl methyl sites for hydroxylation is 2. The van der Waals surface area contributed by atoms with Crippen LogP contribution in [0.5, 0.6) is 0 Å². The molecule has 102 valence electrons. The van der Waals surface area contributed by atoms with E-state index >= 15 is 0 Å². The summed E-state index contributed by atoms with van der Waals surface area (Å²) in [6, 6.07) is 13.3. The molecule has 1 unspecified atom stereocenters. The van der Waals surface area contributed by atoms with Gasteiger partial charge in [0.1, 0.15) is 0 Å². The molecule has 0 aliphatic carbocycles. The summed E-state index contributed by atoms with van der Waals surface area (Å²) >= 11 is 0. The van der Waals surface area contributed by atoms with Gasteiger partial charge in [-0.1, -0.05) is 30.3 Å². The standard InChI is InChI=1S/C16H23N3/c1-14(8-9-15-6-4-3-5-7-15)17-12-10-16-11-13-19(2)18-16/h3-7,11,13-14,17H,8-10,12H2,1-2H3. The molecule has 0 aliphatic heterocycles. The number of benzene rings is 1. The summed E-state index contributed by atoms with van der Waals surface area (Å²) in [7, 11) is 1.96. The third kappa shape index (κ3) is 4.87. The number of nitrogens with one attached hydrogen (secondary N) is 1. The van der Waals surface area contributed by atoms with Gasteiger partial charge in [-0.05, 0) is 31.4 Å². The van der Waals surface area contributed by atoms with Gasteiger partial charge in [-0.3, -0.25) is 4.68 Å². The monoisotopic (exact) mass is 257 g/mol. The van der Waals surface area contributed by atoms with E-state index in [0.717, 1.165) is 25.1 Å². The molecule has 1 heterocycles. The van der Waals surface area contributed by atoms with Crippen molar-refractivity contribution in [3.05, 3.63) is 53.9 Å². The predicted molar refractivity (Wildman–Crippen MR) is 79.1 cm³/mol. The summed E-state index contributed by atoms with van der Waals surface area (Å²) in [5.74, 6) is 0. The summed E-state index contributed by atoms with van der Waals surface area (Å²) in [5, 5.41) is 7.94. The highest BCUT2D eigenvalue weighted by Gasteiger charge is 2.03. The van der Waals surface area contributed by atoms with Gasteiger partial charge < -0.3 is 5.32 Å². The lowest BCUT2D eigenvalue weighted by molar-refractivity contribution is 0.515. The van der Waals surface area contributed by atoms with Crippen molar-refractivity contribution in [2.45, 2.75) is 32.2 Å². The lowest BCUT2D eigenvalue weighted by Crippen LogP contribution is -2.28. The smallest absolute Gasteiger partial charge is 0.0637 e. The minimum absolute atomic E-state index is 0.545. The van der Waals surface area contributed by atoms with Crippen molar-refractivity contribution in [2.24, 2.45) is 7.05 Å². The van der Waals surface area contributed by atoms with Crippen molar-refractivity contribution in [2.75, 3.05) is 6.54 Å². The van der Waals surface area contributed by atoms with Gasteiger partial charge in [0.15, 0.2) is 0 Å². The van der Waals surface area contributed by atoms with Crippen LogP contribution in [0.1, 0.15) is 24.6 Å². The molecule has 2 rings (SSSR count).